The maximum atomic E-state index is 15.0. The summed E-state index contributed by atoms with van der Waals surface area (Å²) in [4.78, 5) is 29.0. The molecular weight excluding hydrogens is 670 g/mol. The van der Waals surface area contributed by atoms with Crippen LogP contribution in [-0.4, -0.2) is 44.3 Å². The fourth-order valence-electron chi connectivity index (χ4n) is 4.90. The van der Waals surface area contributed by atoms with Crippen LogP contribution in [-0.2, 0) is 38.8 Å². The number of carbonyl (C=O) groups excluding carboxylic acids is 2. The first-order chi connectivity index (χ1) is 22.7. The molecule has 48 heavy (non-hydrogen) atoms. The molecule has 1 N–H and O–H groups in total. The molecule has 4 aromatic rings. The third-order valence-electron chi connectivity index (χ3n) is 7.41. The van der Waals surface area contributed by atoms with Crippen LogP contribution < -0.4 is 9.62 Å². The van der Waals surface area contributed by atoms with Crippen LogP contribution in [0.4, 0.5) is 23.2 Å². The molecule has 0 saturated heterocycles. The quantitative estimate of drug-likeness (QED) is 0.151. The second kappa shape index (κ2) is 15.7. The van der Waals surface area contributed by atoms with Gasteiger partial charge in [-0.2, -0.15) is 13.2 Å². The van der Waals surface area contributed by atoms with E-state index in [1.54, 1.807) is 42.5 Å². The lowest BCUT2D eigenvalue weighted by atomic mass is 10.0. The van der Waals surface area contributed by atoms with Gasteiger partial charge in [-0.3, -0.25) is 13.9 Å². The zero-order valence-corrected chi connectivity index (χ0v) is 27.7. The topological polar surface area (TPSA) is 86.8 Å². The van der Waals surface area contributed by atoms with Gasteiger partial charge in [-0.05, 0) is 47.9 Å². The Balaban J connectivity index is 1.87. The smallest absolute Gasteiger partial charge is 0.354 e. The van der Waals surface area contributed by atoms with Crippen molar-refractivity contribution >= 4 is 39.1 Å². The van der Waals surface area contributed by atoms with E-state index in [4.69, 9.17) is 11.6 Å². The second-order valence-corrected chi connectivity index (χ2v) is 13.7. The van der Waals surface area contributed by atoms with Crippen LogP contribution in [0.15, 0.2) is 108 Å². The summed E-state index contributed by atoms with van der Waals surface area (Å²) in [5.41, 5.74) is -1.10. The molecule has 0 spiro atoms. The average molecular weight is 704 g/mol. The molecule has 0 aromatic heterocycles. The van der Waals surface area contributed by atoms with E-state index in [1.165, 1.54) is 42.5 Å². The van der Waals surface area contributed by atoms with E-state index in [9.17, 15) is 31.2 Å². The van der Waals surface area contributed by atoms with Gasteiger partial charge in [0.15, 0.2) is 0 Å². The van der Waals surface area contributed by atoms with Gasteiger partial charge in [0.05, 0.1) is 21.2 Å². The molecule has 4 aromatic carbocycles. The Bertz CT molecular complexity index is 1820. The standard InChI is InChI=1S/C35H34ClF4N3O4S/c1-24(2)21-41-34(45)32(19-25-11-5-3-6-12-25)42(22-26-13-9-10-16-30(26)37)33(44)23-43(48(46,47)28-14-7-4-8-15-28)31-20-27(35(38,39)40)17-18-29(31)36/h3-18,20,24,32H,19,21-23H2,1-2H3,(H,41,45)/t32-/m1/s1. The zero-order valence-electron chi connectivity index (χ0n) is 26.1. The fourth-order valence-corrected chi connectivity index (χ4v) is 6.62. The Labute approximate surface area is 282 Å². The van der Waals surface area contributed by atoms with Crippen molar-refractivity contribution in [3.05, 3.63) is 131 Å². The van der Waals surface area contributed by atoms with Crippen LogP contribution >= 0.6 is 11.6 Å². The molecule has 0 bridgehead atoms. The van der Waals surface area contributed by atoms with Gasteiger partial charge in [0, 0.05) is 25.1 Å². The minimum absolute atomic E-state index is 0.0271. The van der Waals surface area contributed by atoms with Gasteiger partial charge in [-0.25, -0.2) is 12.8 Å². The second-order valence-electron chi connectivity index (χ2n) is 11.4. The number of rotatable bonds is 13. The molecule has 2 amide bonds. The summed E-state index contributed by atoms with van der Waals surface area (Å²) in [7, 11) is -4.72. The summed E-state index contributed by atoms with van der Waals surface area (Å²) in [6, 6.07) is 22.0. The number of hydrogen-bond donors (Lipinski definition) is 1. The molecule has 254 valence electrons. The molecule has 0 fully saturated rings. The Morgan fingerprint density at radius 1 is 0.875 bits per heavy atom. The minimum atomic E-state index is -4.86. The number of hydrogen-bond acceptors (Lipinski definition) is 4. The Kier molecular flexibility index (Phi) is 11.9. The van der Waals surface area contributed by atoms with Crippen LogP contribution in [0.1, 0.15) is 30.5 Å². The van der Waals surface area contributed by atoms with Crippen molar-refractivity contribution in [2.45, 2.75) is 43.9 Å². The average Bonchev–Trinajstić information content (AvgIpc) is 3.05. The van der Waals surface area contributed by atoms with E-state index in [-0.39, 0.29) is 34.4 Å². The van der Waals surface area contributed by atoms with Crippen LogP contribution in [0, 0.1) is 11.7 Å². The molecule has 0 radical (unpaired) electrons. The van der Waals surface area contributed by atoms with Gasteiger partial charge in [0.1, 0.15) is 18.4 Å². The predicted octanol–water partition coefficient (Wildman–Crippen LogP) is 7.11. The monoisotopic (exact) mass is 703 g/mol. The normalized spacial score (nSPS) is 12.4. The van der Waals surface area contributed by atoms with Gasteiger partial charge in [0.25, 0.3) is 10.0 Å². The van der Waals surface area contributed by atoms with Gasteiger partial charge in [0.2, 0.25) is 11.8 Å². The van der Waals surface area contributed by atoms with Crippen LogP contribution in [0.25, 0.3) is 0 Å². The molecule has 0 heterocycles. The lowest BCUT2D eigenvalue weighted by Crippen LogP contribution is -2.54. The van der Waals surface area contributed by atoms with Crippen LogP contribution in [0.3, 0.4) is 0 Å². The lowest BCUT2D eigenvalue weighted by Gasteiger charge is -2.34. The summed E-state index contributed by atoms with van der Waals surface area (Å²) in [6.45, 7) is 2.49. The molecule has 0 aliphatic rings. The van der Waals surface area contributed by atoms with E-state index in [1.807, 2.05) is 13.8 Å². The minimum Gasteiger partial charge on any atom is -0.354 e. The maximum absolute atomic E-state index is 15.0. The highest BCUT2D eigenvalue weighted by atomic mass is 35.5. The molecular formula is C35H34ClF4N3O4S. The molecule has 7 nitrogen and oxygen atoms in total. The predicted molar refractivity (Wildman–Crippen MR) is 176 cm³/mol. The van der Waals surface area contributed by atoms with Gasteiger partial charge >= 0.3 is 6.18 Å². The first-order valence-corrected chi connectivity index (χ1v) is 16.8. The Morgan fingerprint density at radius 3 is 2.08 bits per heavy atom. The molecule has 0 saturated carbocycles. The van der Waals surface area contributed by atoms with Crippen LogP contribution in [0.5, 0.6) is 0 Å². The lowest BCUT2D eigenvalue weighted by molar-refractivity contribution is -0.140. The number of benzene rings is 4. The Hall–Kier alpha value is -4.42. The van der Waals surface area contributed by atoms with Crippen molar-refractivity contribution in [1.82, 2.24) is 10.2 Å². The van der Waals surface area contributed by atoms with E-state index >= 15 is 4.39 Å². The number of sulfonamides is 1. The number of alkyl halides is 3. The molecule has 0 aliphatic heterocycles. The van der Waals surface area contributed by atoms with Crippen molar-refractivity contribution in [2.75, 3.05) is 17.4 Å². The molecule has 0 unspecified atom stereocenters. The molecule has 1 atom stereocenters. The molecule has 13 heteroatoms. The van der Waals surface area contributed by atoms with E-state index < -0.39 is 64.2 Å². The van der Waals surface area contributed by atoms with E-state index in [2.05, 4.69) is 5.32 Å². The van der Waals surface area contributed by atoms with Gasteiger partial charge < -0.3 is 10.2 Å². The zero-order chi connectivity index (χ0) is 35.1. The van der Waals surface area contributed by atoms with Crippen molar-refractivity contribution < 1.29 is 35.6 Å². The number of anilines is 1. The number of halogens is 5. The highest BCUT2D eigenvalue weighted by Gasteiger charge is 2.37. The van der Waals surface area contributed by atoms with Crippen molar-refractivity contribution in [3.8, 4) is 0 Å². The first-order valence-electron chi connectivity index (χ1n) is 15.0. The Morgan fingerprint density at radius 2 is 1.48 bits per heavy atom. The van der Waals surface area contributed by atoms with Gasteiger partial charge in [-0.1, -0.05) is 92.2 Å². The van der Waals surface area contributed by atoms with E-state index in [0.29, 0.717) is 22.0 Å². The SMILES string of the molecule is CC(C)CNC(=O)[C@@H](Cc1ccccc1)N(Cc1ccccc1F)C(=O)CN(c1cc(C(F)(F)F)ccc1Cl)S(=O)(=O)c1ccccc1. The summed E-state index contributed by atoms with van der Waals surface area (Å²) in [5, 5.41) is 2.44. The first kappa shape index (κ1) is 36.4. The summed E-state index contributed by atoms with van der Waals surface area (Å²) >= 11 is 6.33. The molecule has 0 aliphatic carbocycles. The number of amides is 2. The summed E-state index contributed by atoms with van der Waals surface area (Å²) in [5.74, 6) is -2.19. The van der Waals surface area contributed by atoms with Crippen molar-refractivity contribution in [2.24, 2.45) is 5.92 Å². The maximum Gasteiger partial charge on any atom is 0.416 e. The highest BCUT2D eigenvalue weighted by molar-refractivity contribution is 7.92. The number of nitrogens with one attached hydrogen (secondary N) is 1. The fraction of sp³-hybridized carbons (Fsp3) is 0.257. The third kappa shape index (κ3) is 9.13. The van der Waals surface area contributed by atoms with E-state index in [0.717, 1.165) is 11.0 Å². The largest absolute Gasteiger partial charge is 0.416 e. The third-order valence-corrected chi connectivity index (χ3v) is 9.50. The van der Waals surface area contributed by atoms with Crippen molar-refractivity contribution in [3.63, 3.8) is 0 Å². The summed E-state index contributed by atoms with van der Waals surface area (Å²) in [6.07, 6.45) is -4.89. The molecule has 4 rings (SSSR count). The van der Waals surface area contributed by atoms with Crippen molar-refractivity contribution in [1.29, 1.82) is 0 Å². The summed E-state index contributed by atoms with van der Waals surface area (Å²) < 4.78 is 85.1. The van der Waals surface area contributed by atoms with Gasteiger partial charge in [-0.15, -0.1) is 0 Å². The number of carbonyl (C=O) groups is 2. The number of nitrogens with zero attached hydrogens (tertiary/aromatic N) is 2. The van der Waals surface area contributed by atoms with Crippen LogP contribution in [0.2, 0.25) is 5.02 Å². The highest BCUT2D eigenvalue weighted by Crippen LogP contribution is 2.37.